The van der Waals surface area contributed by atoms with Crippen molar-refractivity contribution in [2.45, 2.75) is 32.9 Å². The molecule has 1 atom stereocenters. The Balaban J connectivity index is 2.09. The summed E-state index contributed by atoms with van der Waals surface area (Å²) in [6, 6.07) is 8.83. The standard InChI is InChI=1S/C14H19ClN2/c1-3-11(2)16-8-9-17-10-13(15)12-6-4-5-7-14(12)17/h4-7,10-11,16H,3,8-9H2,1-2H3. The Bertz CT molecular complexity index is 490. The summed E-state index contributed by atoms with van der Waals surface area (Å²) in [7, 11) is 0. The molecule has 0 aliphatic carbocycles. The highest BCUT2D eigenvalue weighted by Gasteiger charge is 2.05. The van der Waals surface area contributed by atoms with Crippen LogP contribution in [-0.2, 0) is 6.54 Å². The molecule has 2 aromatic rings. The predicted octanol–water partition coefficient (Wildman–Crippen LogP) is 3.68. The molecule has 3 heteroatoms. The monoisotopic (exact) mass is 250 g/mol. The van der Waals surface area contributed by atoms with E-state index in [0.717, 1.165) is 29.9 Å². The maximum absolute atomic E-state index is 6.21. The molecule has 2 rings (SSSR count). The van der Waals surface area contributed by atoms with Gasteiger partial charge in [0.1, 0.15) is 0 Å². The minimum absolute atomic E-state index is 0.576. The van der Waals surface area contributed by atoms with E-state index < -0.39 is 0 Å². The van der Waals surface area contributed by atoms with E-state index in [4.69, 9.17) is 11.6 Å². The van der Waals surface area contributed by atoms with Crippen LogP contribution in [0, 0.1) is 0 Å². The molecule has 1 aromatic heterocycles. The van der Waals surface area contributed by atoms with E-state index in [1.807, 2.05) is 12.3 Å². The Labute approximate surface area is 108 Å². The van der Waals surface area contributed by atoms with E-state index in [1.54, 1.807) is 0 Å². The van der Waals surface area contributed by atoms with Crippen molar-refractivity contribution in [1.82, 2.24) is 9.88 Å². The first kappa shape index (κ1) is 12.5. The third-order valence-corrected chi connectivity index (χ3v) is 3.50. The second kappa shape index (κ2) is 5.56. The van der Waals surface area contributed by atoms with E-state index in [1.165, 1.54) is 5.52 Å². The Hall–Kier alpha value is -0.990. The summed E-state index contributed by atoms with van der Waals surface area (Å²) in [5.41, 5.74) is 1.21. The fourth-order valence-corrected chi connectivity index (χ4v) is 2.24. The Morgan fingerprint density at radius 2 is 2.12 bits per heavy atom. The van der Waals surface area contributed by atoms with Gasteiger partial charge in [-0.3, -0.25) is 0 Å². The van der Waals surface area contributed by atoms with Gasteiger partial charge in [0.2, 0.25) is 0 Å². The van der Waals surface area contributed by atoms with E-state index in [-0.39, 0.29) is 0 Å². The van der Waals surface area contributed by atoms with Crippen molar-refractivity contribution in [1.29, 1.82) is 0 Å². The van der Waals surface area contributed by atoms with E-state index in [0.29, 0.717) is 6.04 Å². The summed E-state index contributed by atoms with van der Waals surface area (Å²) in [6.45, 7) is 6.34. The molecule has 92 valence electrons. The molecule has 0 saturated carbocycles. The molecule has 1 unspecified atom stereocenters. The summed E-state index contributed by atoms with van der Waals surface area (Å²) in [6.07, 6.45) is 3.18. The Morgan fingerprint density at radius 1 is 1.35 bits per heavy atom. The van der Waals surface area contributed by atoms with Crippen LogP contribution in [0.4, 0.5) is 0 Å². The summed E-state index contributed by atoms with van der Waals surface area (Å²) in [4.78, 5) is 0. The number of nitrogens with zero attached hydrogens (tertiary/aromatic N) is 1. The third kappa shape index (κ3) is 2.82. The lowest BCUT2D eigenvalue weighted by atomic mass is 10.2. The summed E-state index contributed by atoms with van der Waals surface area (Å²) in [5.74, 6) is 0. The smallest absolute Gasteiger partial charge is 0.0661 e. The Morgan fingerprint density at radius 3 is 2.88 bits per heavy atom. The number of rotatable bonds is 5. The molecular weight excluding hydrogens is 232 g/mol. The number of aromatic nitrogens is 1. The van der Waals surface area contributed by atoms with Gasteiger partial charge in [0.05, 0.1) is 5.02 Å². The van der Waals surface area contributed by atoms with Gasteiger partial charge in [-0.2, -0.15) is 0 Å². The summed E-state index contributed by atoms with van der Waals surface area (Å²) < 4.78 is 2.22. The van der Waals surface area contributed by atoms with Crippen LogP contribution in [0.15, 0.2) is 30.5 Å². The van der Waals surface area contributed by atoms with Gasteiger partial charge in [-0.15, -0.1) is 0 Å². The van der Waals surface area contributed by atoms with Gasteiger partial charge in [0.15, 0.2) is 0 Å². The molecule has 0 amide bonds. The lowest BCUT2D eigenvalue weighted by Crippen LogP contribution is -2.28. The first-order valence-electron chi connectivity index (χ1n) is 6.19. The third-order valence-electron chi connectivity index (χ3n) is 3.20. The van der Waals surface area contributed by atoms with Crippen molar-refractivity contribution in [2.24, 2.45) is 0 Å². The zero-order valence-corrected chi connectivity index (χ0v) is 11.2. The average molecular weight is 251 g/mol. The van der Waals surface area contributed by atoms with Gasteiger partial charge in [-0.05, 0) is 19.4 Å². The van der Waals surface area contributed by atoms with Crippen LogP contribution in [0.5, 0.6) is 0 Å². The molecule has 0 radical (unpaired) electrons. The topological polar surface area (TPSA) is 17.0 Å². The Kier molecular flexibility index (Phi) is 4.08. The first-order valence-corrected chi connectivity index (χ1v) is 6.57. The minimum Gasteiger partial charge on any atom is -0.345 e. The van der Waals surface area contributed by atoms with E-state index in [2.05, 4.69) is 41.9 Å². The number of halogens is 1. The van der Waals surface area contributed by atoms with Gasteiger partial charge < -0.3 is 9.88 Å². The zero-order chi connectivity index (χ0) is 12.3. The normalized spacial score (nSPS) is 13.1. The molecule has 1 heterocycles. The highest BCUT2D eigenvalue weighted by Crippen LogP contribution is 2.25. The first-order chi connectivity index (χ1) is 8.22. The molecule has 1 N–H and O–H groups in total. The molecule has 0 bridgehead atoms. The lowest BCUT2D eigenvalue weighted by molar-refractivity contribution is 0.509. The minimum atomic E-state index is 0.576. The quantitative estimate of drug-likeness (QED) is 0.857. The molecule has 0 spiro atoms. The predicted molar refractivity (Wildman–Crippen MR) is 74.7 cm³/mol. The highest BCUT2D eigenvalue weighted by molar-refractivity contribution is 6.35. The average Bonchev–Trinajstić information content (AvgIpc) is 2.67. The van der Waals surface area contributed by atoms with Gasteiger partial charge >= 0.3 is 0 Å². The van der Waals surface area contributed by atoms with Crippen LogP contribution < -0.4 is 5.32 Å². The van der Waals surface area contributed by atoms with Crippen molar-refractivity contribution >= 4 is 22.5 Å². The summed E-state index contributed by atoms with van der Waals surface area (Å²) in [5, 5.41) is 5.46. The maximum atomic E-state index is 6.21. The van der Waals surface area contributed by atoms with Gasteiger partial charge in [-0.1, -0.05) is 36.7 Å². The van der Waals surface area contributed by atoms with Crippen molar-refractivity contribution in [3.63, 3.8) is 0 Å². The number of benzene rings is 1. The molecule has 0 aliphatic heterocycles. The van der Waals surface area contributed by atoms with E-state index >= 15 is 0 Å². The van der Waals surface area contributed by atoms with Crippen molar-refractivity contribution in [3.8, 4) is 0 Å². The van der Waals surface area contributed by atoms with Crippen LogP contribution in [0.3, 0.4) is 0 Å². The van der Waals surface area contributed by atoms with Gasteiger partial charge in [0, 0.05) is 36.2 Å². The molecule has 1 aromatic carbocycles. The molecule has 17 heavy (non-hydrogen) atoms. The molecular formula is C14H19ClN2. The van der Waals surface area contributed by atoms with Crippen LogP contribution in [0.1, 0.15) is 20.3 Å². The number of hydrogen-bond acceptors (Lipinski definition) is 1. The van der Waals surface area contributed by atoms with Crippen molar-refractivity contribution in [3.05, 3.63) is 35.5 Å². The fourth-order valence-electron chi connectivity index (χ4n) is 1.96. The fraction of sp³-hybridized carbons (Fsp3) is 0.429. The van der Waals surface area contributed by atoms with E-state index in [9.17, 15) is 0 Å². The second-order valence-electron chi connectivity index (χ2n) is 4.45. The lowest BCUT2D eigenvalue weighted by Gasteiger charge is -2.12. The largest absolute Gasteiger partial charge is 0.345 e. The SMILES string of the molecule is CCC(C)NCCn1cc(Cl)c2ccccc21. The molecule has 0 saturated heterocycles. The molecule has 0 aliphatic rings. The number of nitrogens with one attached hydrogen (secondary N) is 1. The summed E-state index contributed by atoms with van der Waals surface area (Å²) >= 11 is 6.21. The van der Waals surface area contributed by atoms with Crippen LogP contribution in [0.25, 0.3) is 10.9 Å². The van der Waals surface area contributed by atoms with Crippen LogP contribution in [-0.4, -0.2) is 17.2 Å². The number of para-hydroxylation sites is 1. The van der Waals surface area contributed by atoms with Crippen molar-refractivity contribution < 1.29 is 0 Å². The maximum Gasteiger partial charge on any atom is 0.0661 e. The number of hydrogen-bond donors (Lipinski definition) is 1. The van der Waals surface area contributed by atoms with Crippen LogP contribution >= 0.6 is 11.6 Å². The zero-order valence-electron chi connectivity index (χ0n) is 10.4. The van der Waals surface area contributed by atoms with Gasteiger partial charge in [0.25, 0.3) is 0 Å². The van der Waals surface area contributed by atoms with Crippen molar-refractivity contribution in [2.75, 3.05) is 6.54 Å². The highest BCUT2D eigenvalue weighted by atomic mass is 35.5. The second-order valence-corrected chi connectivity index (χ2v) is 4.86. The number of fused-ring (bicyclic) bond motifs is 1. The van der Waals surface area contributed by atoms with Crippen LogP contribution in [0.2, 0.25) is 5.02 Å². The van der Waals surface area contributed by atoms with Gasteiger partial charge in [-0.25, -0.2) is 0 Å². The molecule has 2 nitrogen and oxygen atoms in total. The molecule has 0 fully saturated rings.